The molecule has 0 aliphatic rings. The zero-order chi connectivity index (χ0) is 10.8. The molecule has 0 fully saturated rings. The van der Waals surface area contributed by atoms with Crippen LogP contribution in [0.3, 0.4) is 0 Å². The maximum atomic E-state index is 10.7. The molecule has 0 unspecified atom stereocenters. The molecule has 0 amide bonds. The van der Waals surface area contributed by atoms with Crippen molar-refractivity contribution in [3.05, 3.63) is 41.5 Å². The van der Waals surface area contributed by atoms with Gasteiger partial charge in [-0.05, 0) is 6.92 Å². The molecular weight excluding hydrogens is 190 g/mol. The summed E-state index contributed by atoms with van der Waals surface area (Å²) in [5.74, 6) is 0.795. The molecule has 0 saturated heterocycles. The van der Waals surface area contributed by atoms with Crippen molar-refractivity contribution in [2.75, 3.05) is 0 Å². The summed E-state index contributed by atoms with van der Waals surface area (Å²) in [4.78, 5) is 14.9. The average molecular weight is 201 g/mol. The molecule has 0 spiro atoms. The fourth-order valence-electron chi connectivity index (χ4n) is 1.44. The molecule has 3 heteroatoms. The Morgan fingerprint density at radius 2 is 1.87 bits per heavy atom. The first-order valence-electron chi connectivity index (χ1n) is 4.70. The van der Waals surface area contributed by atoms with E-state index >= 15 is 0 Å². The number of hydrogen-bond acceptors (Lipinski definition) is 3. The number of aryl methyl sites for hydroxylation is 2. The lowest BCUT2D eigenvalue weighted by atomic mass is 10.1. The van der Waals surface area contributed by atoms with E-state index in [4.69, 9.17) is 4.42 Å². The number of aromatic nitrogens is 1. The van der Waals surface area contributed by atoms with Crippen molar-refractivity contribution >= 4 is 6.29 Å². The summed E-state index contributed by atoms with van der Waals surface area (Å²) in [6, 6.07) is 7.82. The van der Waals surface area contributed by atoms with E-state index in [1.165, 1.54) is 5.56 Å². The number of hydrogen-bond donors (Lipinski definition) is 0. The Morgan fingerprint density at radius 3 is 2.47 bits per heavy atom. The van der Waals surface area contributed by atoms with Crippen molar-refractivity contribution in [3.8, 4) is 11.3 Å². The zero-order valence-corrected chi connectivity index (χ0v) is 8.65. The number of rotatable bonds is 2. The standard InChI is InChI=1S/C12H11NO2/c1-8-3-5-10(6-4-8)12-11(7-14)15-9(2)13-12/h3-7H,1-2H3. The number of benzene rings is 1. The van der Waals surface area contributed by atoms with E-state index in [9.17, 15) is 4.79 Å². The number of oxazole rings is 1. The van der Waals surface area contributed by atoms with Crippen molar-refractivity contribution in [2.24, 2.45) is 0 Å². The van der Waals surface area contributed by atoms with Crippen molar-refractivity contribution in [3.63, 3.8) is 0 Å². The number of nitrogens with zero attached hydrogens (tertiary/aromatic N) is 1. The van der Waals surface area contributed by atoms with Crippen LogP contribution in [0.5, 0.6) is 0 Å². The van der Waals surface area contributed by atoms with E-state index < -0.39 is 0 Å². The predicted octanol–water partition coefficient (Wildman–Crippen LogP) is 2.77. The van der Waals surface area contributed by atoms with Crippen LogP contribution in [-0.2, 0) is 0 Å². The average Bonchev–Trinajstić information content (AvgIpc) is 2.61. The molecule has 1 aromatic heterocycles. The van der Waals surface area contributed by atoms with Gasteiger partial charge in [0, 0.05) is 12.5 Å². The molecule has 0 saturated carbocycles. The van der Waals surface area contributed by atoms with Gasteiger partial charge in [0.05, 0.1) is 0 Å². The third-order valence-corrected chi connectivity index (χ3v) is 2.19. The van der Waals surface area contributed by atoms with E-state index in [0.29, 0.717) is 17.9 Å². The molecule has 2 rings (SSSR count). The van der Waals surface area contributed by atoms with E-state index in [1.54, 1.807) is 6.92 Å². The van der Waals surface area contributed by atoms with E-state index in [2.05, 4.69) is 4.98 Å². The summed E-state index contributed by atoms with van der Waals surface area (Å²) in [5, 5.41) is 0. The zero-order valence-electron chi connectivity index (χ0n) is 8.65. The molecule has 15 heavy (non-hydrogen) atoms. The Kier molecular flexibility index (Phi) is 2.37. The van der Waals surface area contributed by atoms with Crippen LogP contribution in [0.25, 0.3) is 11.3 Å². The van der Waals surface area contributed by atoms with E-state index in [0.717, 1.165) is 5.56 Å². The molecule has 0 atom stereocenters. The Hall–Kier alpha value is -1.90. The maximum absolute atomic E-state index is 10.7. The number of aldehydes is 1. The molecule has 0 aliphatic carbocycles. The molecule has 76 valence electrons. The SMILES string of the molecule is Cc1ccc(-c2nc(C)oc2C=O)cc1. The van der Waals surface area contributed by atoms with Crippen LogP contribution in [0, 0.1) is 13.8 Å². The highest BCUT2D eigenvalue weighted by molar-refractivity contribution is 5.82. The summed E-state index contributed by atoms with van der Waals surface area (Å²) in [6.07, 6.45) is 0.690. The molecule has 2 aromatic rings. The first-order chi connectivity index (χ1) is 7.20. The molecule has 1 aromatic carbocycles. The van der Waals surface area contributed by atoms with Crippen LogP contribution < -0.4 is 0 Å². The fraction of sp³-hybridized carbons (Fsp3) is 0.167. The lowest BCUT2D eigenvalue weighted by Gasteiger charge is -1.97. The summed E-state index contributed by atoms with van der Waals surface area (Å²) < 4.78 is 5.17. The van der Waals surface area contributed by atoms with E-state index in [1.807, 2.05) is 31.2 Å². The largest absolute Gasteiger partial charge is 0.438 e. The lowest BCUT2D eigenvalue weighted by molar-refractivity contribution is 0.110. The van der Waals surface area contributed by atoms with Gasteiger partial charge in [-0.1, -0.05) is 29.8 Å². The minimum atomic E-state index is 0.288. The van der Waals surface area contributed by atoms with Crippen LogP contribution in [0.2, 0.25) is 0 Å². The van der Waals surface area contributed by atoms with Crippen LogP contribution in [0.1, 0.15) is 22.0 Å². The second-order valence-electron chi connectivity index (χ2n) is 3.43. The molecule has 0 bridgehead atoms. The lowest BCUT2D eigenvalue weighted by Crippen LogP contribution is -1.84. The topological polar surface area (TPSA) is 43.1 Å². The van der Waals surface area contributed by atoms with Gasteiger partial charge in [0.2, 0.25) is 0 Å². The molecule has 1 heterocycles. The summed E-state index contributed by atoms with van der Waals surface area (Å²) in [5.41, 5.74) is 2.69. The molecule has 0 radical (unpaired) electrons. The van der Waals surface area contributed by atoms with Gasteiger partial charge in [0.25, 0.3) is 0 Å². The van der Waals surface area contributed by atoms with Crippen molar-refractivity contribution in [1.82, 2.24) is 4.98 Å². The van der Waals surface area contributed by atoms with Gasteiger partial charge in [-0.25, -0.2) is 4.98 Å². The van der Waals surface area contributed by atoms with Crippen LogP contribution in [0.15, 0.2) is 28.7 Å². The van der Waals surface area contributed by atoms with Crippen molar-refractivity contribution in [1.29, 1.82) is 0 Å². The predicted molar refractivity (Wildman–Crippen MR) is 56.8 cm³/mol. The second-order valence-corrected chi connectivity index (χ2v) is 3.43. The summed E-state index contributed by atoms with van der Waals surface area (Å²) in [6.45, 7) is 3.74. The minimum Gasteiger partial charge on any atom is -0.438 e. The van der Waals surface area contributed by atoms with Crippen molar-refractivity contribution in [2.45, 2.75) is 13.8 Å². The highest BCUT2D eigenvalue weighted by Crippen LogP contribution is 2.22. The molecular formula is C12H11NO2. The van der Waals surface area contributed by atoms with Gasteiger partial charge >= 0.3 is 0 Å². The number of carbonyl (C=O) groups is 1. The minimum absolute atomic E-state index is 0.288. The van der Waals surface area contributed by atoms with Gasteiger partial charge in [-0.15, -0.1) is 0 Å². The Labute approximate surface area is 87.8 Å². The van der Waals surface area contributed by atoms with Crippen LogP contribution in [0.4, 0.5) is 0 Å². The van der Waals surface area contributed by atoms with E-state index in [-0.39, 0.29) is 5.76 Å². The normalized spacial score (nSPS) is 10.3. The number of carbonyl (C=O) groups excluding carboxylic acids is 1. The van der Waals surface area contributed by atoms with Gasteiger partial charge in [0.15, 0.2) is 17.9 Å². The monoisotopic (exact) mass is 201 g/mol. The molecule has 0 aliphatic heterocycles. The summed E-state index contributed by atoms with van der Waals surface area (Å²) >= 11 is 0. The molecule has 0 N–H and O–H groups in total. The second kappa shape index (κ2) is 3.69. The van der Waals surface area contributed by atoms with Gasteiger partial charge in [-0.2, -0.15) is 0 Å². The summed E-state index contributed by atoms with van der Waals surface area (Å²) in [7, 11) is 0. The third kappa shape index (κ3) is 1.81. The van der Waals surface area contributed by atoms with Crippen molar-refractivity contribution < 1.29 is 9.21 Å². The molecule has 3 nitrogen and oxygen atoms in total. The van der Waals surface area contributed by atoms with Gasteiger partial charge in [-0.3, -0.25) is 4.79 Å². The van der Waals surface area contributed by atoms with Crippen LogP contribution in [-0.4, -0.2) is 11.3 Å². The highest BCUT2D eigenvalue weighted by atomic mass is 16.4. The van der Waals surface area contributed by atoms with Gasteiger partial charge < -0.3 is 4.42 Å². The Morgan fingerprint density at radius 1 is 1.20 bits per heavy atom. The fourth-order valence-corrected chi connectivity index (χ4v) is 1.44. The smallest absolute Gasteiger partial charge is 0.195 e. The third-order valence-electron chi connectivity index (χ3n) is 2.19. The van der Waals surface area contributed by atoms with Crippen LogP contribution >= 0.6 is 0 Å². The Bertz CT molecular complexity index is 483. The Balaban J connectivity index is 2.52. The first kappa shape index (κ1) is 9.65. The van der Waals surface area contributed by atoms with Gasteiger partial charge in [0.1, 0.15) is 5.69 Å². The highest BCUT2D eigenvalue weighted by Gasteiger charge is 2.11. The quantitative estimate of drug-likeness (QED) is 0.701. The maximum Gasteiger partial charge on any atom is 0.195 e. The first-order valence-corrected chi connectivity index (χ1v) is 4.70.